The Hall–Kier alpha value is -1.14. The smallest absolute Gasteiger partial charge is 0.134 e. The number of nitrogens with two attached hydrogens (primary N) is 1. The van der Waals surface area contributed by atoms with Crippen LogP contribution in [0, 0.1) is 5.92 Å². The Morgan fingerprint density at radius 3 is 2.96 bits per heavy atom. The van der Waals surface area contributed by atoms with Crippen molar-refractivity contribution in [1.29, 1.82) is 0 Å². The van der Waals surface area contributed by atoms with E-state index in [9.17, 15) is 5.11 Å². The van der Waals surface area contributed by atoms with E-state index in [-0.39, 0.29) is 6.04 Å². The van der Waals surface area contributed by atoms with E-state index in [4.69, 9.17) is 17.3 Å². The predicted octanol–water partition coefficient (Wildman–Crippen LogP) is 4.02. The molecule has 1 aliphatic carbocycles. The summed E-state index contributed by atoms with van der Waals surface area (Å²) in [6.45, 7) is 4.90. The fourth-order valence-electron chi connectivity index (χ4n) is 3.97. The summed E-state index contributed by atoms with van der Waals surface area (Å²) in [6, 6.07) is 0.478. The Labute approximate surface area is 162 Å². The number of rotatable bonds is 9. The predicted molar refractivity (Wildman–Crippen MR) is 108 cm³/mol. The minimum absolute atomic E-state index is 0.156. The Balaban J connectivity index is 2.05. The van der Waals surface area contributed by atoms with Crippen LogP contribution in [0.1, 0.15) is 70.2 Å². The van der Waals surface area contributed by atoms with E-state index in [1.54, 1.807) is 6.20 Å². The molecule has 6 heteroatoms. The fraction of sp³-hybridized carbons (Fsp3) is 0.650. The first-order valence-corrected chi connectivity index (χ1v) is 10.2. The molecule has 1 saturated carbocycles. The standard InChI is InChI=1S/C20H33ClN4O/c1-3-19(15(2)7-6-11-21)25-14-17(13-23-25)20(26)24-18-9-5-4-8-16(18)10-12-22/h6-7,11,13-14,16,18-20,24,26H,3-5,8-10,12,22H2,1-2H3/b11-6+,15-7-. The number of nitrogens with one attached hydrogen (secondary N) is 1. The van der Waals surface area contributed by atoms with E-state index in [1.165, 1.54) is 30.4 Å². The summed E-state index contributed by atoms with van der Waals surface area (Å²) in [5, 5.41) is 18.6. The molecule has 1 aliphatic rings. The second-order valence-corrected chi connectivity index (χ2v) is 7.46. The molecule has 2 rings (SSSR count). The second kappa shape index (κ2) is 10.9. The zero-order chi connectivity index (χ0) is 18.9. The molecule has 4 atom stereocenters. The highest BCUT2D eigenvalue weighted by Gasteiger charge is 2.27. The Morgan fingerprint density at radius 1 is 1.50 bits per heavy atom. The highest BCUT2D eigenvalue weighted by Crippen LogP contribution is 2.29. The maximum Gasteiger partial charge on any atom is 0.134 e. The highest BCUT2D eigenvalue weighted by molar-refractivity contribution is 6.25. The van der Waals surface area contributed by atoms with Crippen molar-refractivity contribution in [2.45, 2.75) is 70.7 Å². The lowest BCUT2D eigenvalue weighted by atomic mass is 9.82. The molecular formula is C20H33ClN4O. The third kappa shape index (κ3) is 5.68. The number of aliphatic hydroxyl groups excluding tert-OH is 1. The molecule has 1 aromatic rings. The van der Waals surface area contributed by atoms with Crippen LogP contribution in [0.5, 0.6) is 0 Å². The largest absolute Gasteiger partial charge is 0.374 e. The number of aromatic nitrogens is 2. The average Bonchev–Trinajstić information content (AvgIpc) is 3.12. The molecule has 1 fully saturated rings. The summed E-state index contributed by atoms with van der Waals surface area (Å²) >= 11 is 5.62. The van der Waals surface area contributed by atoms with Crippen LogP contribution in [0.25, 0.3) is 0 Å². The maximum atomic E-state index is 10.7. The Morgan fingerprint density at radius 2 is 2.27 bits per heavy atom. The first-order valence-electron chi connectivity index (χ1n) is 9.72. The summed E-state index contributed by atoms with van der Waals surface area (Å²) in [4.78, 5) is 0. The van der Waals surface area contributed by atoms with Crippen LogP contribution in [0.4, 0.5) is 0 Å². The molecule has 0 spiro atoms. The lowest BCUT2D eigenvalue weighted by molar-refractivity contribution is 0.0943. The first kappa shape index (κ1) is 21.2. The molecule has 26 heavy (non-hydrogen) atoms. The van der Waals surface area contributed by atoms with Gasteiger partial charge in [-0.3, -0.25) is 10.00 Å². The van der Waals surface area contributed by atoms with Gasteiger partial charge in [0.25, 0.3) is 0 Å². The van der Waals surface area contributed by atoms with Crippen LogP contribution in [0.15, 0.2) is 35.7 Å². The molecule has 4 N–H and O–H groups in total. The molecule has 0 radical (unpaired) electrons. The van der Waals surface area contributed by atoms with Gasteiger partial charge < -0.3 is 10.8 Å². The van der Waals surface area contributed by atoms with Crippen LogP contribution in [0.3, 0.4) is 0 Å². The lowest BCUT2D eigenvalue weighted by Gasteiger charge is -2.33. The van der Waals surface area contributed by atoms with Crippen molar-refractivity contribution in [2.24, 2.45) is 11.7 Å². The van der Waals surface area contributed by atoms with Crippen LogP contribution in [-0.2, 0) is 0 Å². The molecule has 1 heterocycles. The minimum atomic E-state index is -0.698. The van der Waals surface area contributed by atoms with Gasteiger partial charge in [-0.2, -0.15) is 5.10 Å². The van der Waals surface area contributed by atoms with Gasteiger partial charge in [0.15, 0.2) is 0 Å². The Bertz CT molecular complexity index is 596. The molecule has 0 amide bonds. The Kier molecular flexibility index (Phi) is 8.85. The van der Waals surface area contributed by atoms with Crippen molar-refractivity contribution in [3.05, 3.63) is 41.2 Å². The molecular weight excluding hydrogens is 348 g/mol. The highest BCUT2D eigenvalue weighted by atomic mass is 35.5. The lowest BCUT2D eigenvalue weighted by Crippen LogP contribution is -2.41. The van der Waals surface area contributed by atoms with Gasteiger partial charge in [0.2, 0.25) is 0 Å². The molecule has 0 bridgehead atoms. The van der Waals surface area contributed by atoms with Gasteiger partial charge in [0.05, 0.1) is 12.2 Å². The first-order chi connectivity index (χ1) is 12.6. The third-order valence-corrected chi connectivity index (χ3v) is 5.56. The van der Waals surface area contributed by atoms with Gasteiger partial charge >= 0.3 is 0 Å². The zero-order valence-electron chi connectivity index (χ0n) is 15.9. The average molecular weight is 381 g/mol. The fourth-order valence-corrected chi connectivity index (χ4v) is 4.04. The number of allylic oxidation sites excluding steroid dienone is 3. The van der Waals surface area contributed by atoms with Crippen LogP contribution in [0.2, 0.25) is 0 Å². The van der Waals surface area contributed by atoms with E-state index < -0.39 is 6.23 Å². The van der Waals surface area contributed by atoms with E-state index in [1.807, 2.05) is 23.0 Å². The maximum absolute atomic E-state index is 10.7. The van der Waals surface area contributed by atoms with Crippen molar-refractivity contribution in [1.82, 2.24) is 15.1 Å². The number of hydrogen-bond acceptors (Lipinski definition) is 4. The minimum Gasteiger partial charge on any atom is -0.374 e. The number of aliphatic hydroxyl groups is 1. The molecule has 1 aromatic heterocycles. The van der Waals surface area contributed by atoms with Crippen LogP contribution >= 0.6 is 11.6 Å². The van der Waals surface area contributed by atoms with Crippen molar-refractivity contribution >= 4 is 11.6 Å². The van der Waals surface area contributed by atoms with Gasteiger partial charge in [-0.05, 0) is 50.6 Å². The van der Waals surface area contributed by atoms with Crippen molar-refractivity contribution in [2.75, 3.05) is 6.54 Å². The van der Waals surface area contributed by atoms with Crippen LogP contribution in [-0.4, -0.2) is 27.5 Å². The summed E-state index contributed by atoms with van der Waals surface area (Å²) < 4.78 is 1.92. The topological polar surface area (TPSA) is 76.1 Å². The zero-order valence-corrected chi connectivity index (χ0v) is 16.7. The summed E-state index contributed by atoms with van der Waals surface area (Å²) in [5.41, 5.74) is 9.24. The van der Waals surface area contributed by atoms with Gasteiger partial charge in [-0.15, -0.1) is 0 Å². The second-order valence-electron chi connectivity index (χ2n) is 7.20. The van der Waals surface area contributed by atoms with Gasteiger partial charge in [0.1, 0.15) is 6.23 Å². The van der Waals surface area contributed by atoms with E-state index >= 15 is 0 Å². The molecule has 0 saturated heterocycles. The van der Waals surface area contributed by atoms with Crippen molar-refractivity contribution in [3.63, 3.8) is 0 Å². The third-order valence-electron chi connectivity index (χ3n) is 5.42. The molecule has 146 valence electrons. The van der Waals surface area contributed by atoms with Crippen molar-refractivity contribution in [3.8, 4) is 0 Å². The van der Waals surface area contributed by atoms with Crippen molar-refractivity contribution < 1.29 is 5.11 Å². The summed E-state index contributed by atoms with van der Waals surface area (Å²) in [5.74, 6) is 0.550. The van der Waals surface area contributed by atoms with Crippen LogP contribution < -0.4 is 11.1 Å². The van der Waals surface area contributed by atoms with E-state index in [2.05, 4.69) is 24.3 Å². The quantitative estimate of drug-likeness (QED) is 0.446. The summed E-state index contributed by atoms with van der Waals surface area (Å²) in [7, 11) is 0. The SMILES string of the molecule is CCC(/C(C)=C\C=C\Cl)n1cc(C(O)NC2CCCCC2CCN)cn1. The van der Waals surface area contributed by atoms with Gasteiger partial charge in [0, 0.05) is 23.3 Å². The number of hydrogen-bond donors (Lipinski definition) is 3. The number of halogens is 1. The van der Waals surface area contributed by atoms with E-state index in [0.29, 0.717) is 18.5 Å². The van der Waals surface area contributed by atoms with Gasteiger partial charge in [-0.1, -0.05) is 43.5 Å². The monoisotopic (exact) mass is 380 g/mol. The molecule has 4 unspecified atom stereocenters. The van der Waals surface area contributed by atoms with Gasteiger partial charge in [-0.25, -0.2) is 0 Å². The normalized spacial score (nSPS) is 24.1. The molecule has 5 nitrogen and oxygen atoms in total. The molecule has 0 aromatic carbocycles. The molecule has 0 aliphatic heterocycles. The summed E-state index contributed by atoms with van der Waals surface area (Å²) in [6.07, 6.45) is 13.5. The number of nitrogens with zero attached hydrogens (tertiary/aromatic N) is 2. The van der Waals surface area contributed by atoms with E-state index in [0.717, 1.165) is 24.8 Å².